The van der Waals surface area contributed by atoms with E-state index in [1.165, 1.54) is 4.90 Å². The maximum absolute atomic E-state index is 13.3. The minimum absolute atomic E-state index is 0.0128. The number of furan rings is 1. The molecule has 1 amide bonds. The highest BCUT2D eigenvalue weighted by atomic mass is 16.3. The van der Waals surface area contributed by atoms with Crippen molar-refractivity contribution in [1.82, 2.24) is 9.88 Å². The van der Waals surface area contributed by atoms with E-state index in [0.29, 0.717) is 17.8 Å². The van der Waals surface area contributed by atoms with Crippen LogP contribution in [0.25, 0.3) is 11.0 Å². The van der Waals surface area contributed by atoms with E-state index in [-0.39, 0.29) is 11.3 Å². The van der Waals surface area contributed by atoms with Gasteiger partial charge in [0.2, 0.25) is 5.78 Å². The number of para-hydroxylation sites is 1. The van der Waals surface area contributed by atoms with Crippen molar-refractivity contribution in [1.29, 1.82) is 0 Å². The van der Waals surface area contributed by atoms with E-state index in [9.17, 15) is 14.7 Å². The lowest BCUT2D eigenvalue weighted by Gasteiger charge is -2.25. The Bertz CT molecular complexity index is 1040. The Hall–Kier alpha value is -3.41. The van der Waals surface area contributed by atoms with Crippen LogP contribution in [0.5, 0.6) is 0 Å². The maximum atomic E-state index is 13.3. The molecule has 0 aliphatic carbocycles. The van der Waals surface area contributed by atoms with Crippen molar-refractivity contribution in [2.24, 2.45) is 0 Å². The Kier molecular flexibility index (Phi) is 4.69. The number of aliphatic hydroxyl groups excluding tert-OH is 1. The molecule has 1 aliphatic rings. The van der Waals surface area contributed by atoms with E-state index < -0.39 is 23.5 Å². The van der Waals surface area contributed by atoms with E-state index in [0.717, 1.165) is 18.2 Å². The molecule has 4 rings (SSSR count). The van der Waals surface area contributed by atoms with Gasteiger partial charge < -0.3 is 14.4 Å². The highest BCUT2D eigenvalue weighted by Crippen LogP contribution is 2.38. The van der Waals surface area contributed by atoms with Crippen molar-refractivity contribution in [3.8, 4) is 0 Å². The Morgan fingerprint density at radius 3 is 2.71 bits per heavy atom. The fourth-order valence-electron chi connectivity index (χ4n) is 3.52. The van der Waals surface area contributed by atoms with Crippen LogP contribution in [-0.2, 0) is 4.79 Å². The first kappa shape index (κ1) is 18.0. The van der Waals surface area contributed by atoms with Crippen LogP contribution in [0.15, 0.2) is 70.5 Å². The Labute approximate surface area is 162 Å². The molecular weight excluding hydrogens is 356 g/mol. The molecule has 1 unspecified atom stereocenters. The first-order chi connectivity index (χ1) is 13.6. The molecule has 0 fully saturated rings. The van der Waals surface area contributed by atoms with Gasteiger partial charge in [0.05, 0.1) is 11.3 Å². The lowest BCUT2D eigenvalue weighted by atomic mass is 9.98. The van der Waals surface area contributed by atoms with Gasteiger partial charge in [-0.3, -0.25) is 14.6 Å². The van der Waals surface area contributed by atoms with Gasteiger partial charge in [-0.1, -0.05) is 37.6 Å². The largest absolute Gasteiger partial charge is 0.503 e. The minimum Gasteiger partial charge on any atom is -0.503 e. The predicted molar refractivity (Wildman–Crippen MR) is 104 cm³/mol. The number of carbonyl (C=O) groups is 2. The summed E-state index contributed by atoms with van der Waals surface area (Å²) in [7, 11) is 0. The summed E-state index contributed by atoms with van der Waals surface area (Å²) in [6.07, 6.45) is 3.25. The highest BCUT2D eigenvalue weighted by Gasteiger charge is 2.44. The number of fused-ring (bicyclic) bond motifs is 1. The first-order valence-corrected chi connectivity index (χ1v) is 9.30. The predicted octanol–water partition coefficient (Wildman–Crippen LogP) is 4.21. The molecule has 2 aromatic heterocycles. The molecule has 0 bridgehead atoms. The van der Waals surface area contributed by atoms with Gasteiger partial charge in [0.25, 0.3) is 5.91 Å². The first-order valence-electron chi connectivity index (χ1n) is 9.30. The van der Waals surface area contributed by atoms with Crippen molar-refractivity contribution in [2.45, 2.75) is 25.8 Å². The number of amides is 1. The minimum atomic E-state index is -0.735. The van der Waals surface area contributed by atoms with Crippen molar-refractivity contribution in [3.63, 3.8) is 0 Å². The number of pyridine rings is 1. The van der Waals surface area contributed by atoms with Crippen LogP contribution >= 0.6 is 0 Å². The normalized spacial score (nSPS) is 17.0. The lowest BCUT2D eigenvalue weighted by Crippen LogP contribution is -2.32. The fourth-order valence-corrected chi connectivity index (χ4v) is 3.52. The van der Waals surface area contributed by atoms with Gasteiger partial charge in [-0.05, 0) is 30.7 Å². The number of ketones is 1. The number of aromatic nitrogens is 1. The lowest BCUT2D eigenvalue weighted by molar-refractivity contribution is -0.129. The summed E-state index contributed by atoms with van der Waals surface area (Å²) in [4.78, 5) is 31.8. The number of carbonyl (C=O) groups excluding carboxylic acids is 2. The molecule has 6 nitrogen and oxygen atoms in total. The molecule has 0 spiro atoms. The second-order valence-corrected chi connectivity index (χ2v) is 6.75. The Morgan fingerprint density at radius 2 is 2.00 bits per heavy atom. The second-order valence-electron chi connectivity index (χ2n) is 6.75. The Balaban J connectivity index is 1.79. The van der Waals surface area contributed by atoms with Gasteiger partial charge in [0.1, 0.15) is 11.6 Å². The van der Waals surface area contributed by atoms with Crippen molar-refractivity contribution >= 4 is 22.7 Å². The third-order valence-corrected chi connectivity index (χ3v) is 4.92. The van der Waals surface area contributed by atoms with Crippen molar-refractivity contribution < 1.29 is 19.1 Å². The summed E-state index contributed by atoms with van der Waals surface area (Å²) >= 11 is 0. The summed E-state index contributed by atoms with van der Waals surface area (Å²) in [5.41, 5.74) is 1.13. The van der Waals surface area contributed by atoms with E-state index >= 15 is 0 Å². The summed E-state index contributed by atoms with van der Waals surface area (Å²) in [6.45, 7) is 2.45. The van der Waals surface area contributed by atoms with Crippen LogP contribution in [-0.4, -0.2) is 33.2 Å². The third-order valence-electron chi connectivity index (χ3n) is 4.92. The summed E-state index contributed by atoms with van der Waals surface area (Å²) < 4.78 is 5.68. The van der Waals surface area contributed by atoms with Crippen molar-refractivity contribution in [2.75, 3.05) is 6.54 Å². The number of Topliss-reactive ketones (excluding diaryl/α,β-unsaturated/α-hetero) is 1. The van der Waals surface area contributed by atoms with Gasteiger partial charge in [0, 0.05) is 18.1 Å². The number of hydrogen-bond donors (Lipinski definition) is 1. The van der Waals surface area contributed by atoms with Gasteiger partial charge in [-0.2, -0.15) is 0 Å². The molecule has 1 N–H and O–H groups in total. The van der Waals surface area contributed by atoms with Gasteiger partial charge in [-0.25, -0.2) is 0 Å². The number of benzene rings is 1. The van der Waals surface area contributed by atoms with Crippen LogP contribution < -0.4 is 0 Å². The fraction of sp³-hybridized carbons (Fsp3) is 0.227. The smallest absolute Gasteiger partial charge is 0.290 e. The SMILES string of the molecule is CCCCN1C(=O)C(O)=C(C(=O)c2cc3ccccc3o2)C1c1ccccn1. The standard InChI is InChI=1S/C22H20N2O4/c1-2-3-12-24-19(15-9-6-7-11-23-15)18(21(26)22(24)27)20(25)17-13-14-8-4-5-10-16(14)28-17/h4-11,13,19,26H,2-3,12H2,1H3. The maximum Gasteiger partial charge on any atom is 0.290 e. The van der Waals surface area contributed by atoms with Crippen LogP contribution in [0.2, 0.25) is 0 Å². The zero-order chi connectivity index (χ0) is 19.7. The number of nitrogens with zero attached hydrogens (tertiary/aromatic N) is 2. The average molecular weight is 376 g/mol. The van der Waals surface area contributed by atoms with Crippen LogP contribution in [0.3, 0.4) is 0 Å². The van der Waals surface area contributed by atoms with E-state index in [2.05, 4.69) is 4.98 Å². The average Bonchev–Trinajstić information content (AvgIpc) is 3.26. The number of hydrogen-bond acceptors (Lipinski definition) is 5. The molecule has 0 radical (unpaired) electrons. The van der Waals surface area contributed by atoms with Crippen LogP contribution in [0, 0.1) is 0 Å². The number of rotatable bonds is 6. The second kappa shape index (κ2) is 7.31. The molecule has 0 saturated heterocycles. The molecule has 0 saturated carbocycles. The number of unbranched alkanes of at least 4 members (excludes halogenated alkanes) is 1. The molecule has 3 aromatic rings. The molecule has 142 valence electrons. The third kappa shape index (κ3) is 2.97. The molecule has 1 atom stereocenters. The van der Waals surface area contributed by atoms with E-state index in [1.807, 2.05) is 25.1 Å². The topological polar surface area (TPSA) is 83.6 Å². The van der Waals surface area contributed by atoms with Gasteiger partial charge in [-0.15, -0.1) is 0 Å². The van der Waals surface area contributed by atoms with Crippen LogP contribution in [0.1, 0.15) is 42.1 Å². The zero-order valence-electron chi connectivity index (χ0n) is 15.5. The molecule has 1 aromatic carbocycles. The van der Waals surface area contributed by atoms with Crippen molar-refractivity contribution in [3.05, 3.63) is 77.5 Å². The summed E-state index contributed by atoms with van der Waals surface area (Å²) in [5, 5.41) is 11.3. The molecular formula is C22H20N2O4. The monoisotopic (exact) mass is 376 g/mol. The quantitative estimate of drug-likeness (QED) is 0.652. The molecule has 1 aliphatic heterocycles. The molecule has 3 heterocycles. The summed E-state index contributed by atoms with van der Waals surface area (Å²) in [5.74, 6) is -1.49. The highest BCUT2D eigenvalue weighted by molar-refractivity contribution is 6.15. The zero-order valence-corrected chi connectivity index (χ0v) is 15.5. The Morgan fingerprint density at radius 1 is 1.21 bits per heavy atom. The van der Waals surface area contributed by atoms with Gasteiger partial charge in [0.15, 0.2) is 11.5 Å². The molecule has 28 heavy (non-hydrogen) atoms. The van der Waals surface area contributed by atoms with Gasteiger partial charge >= 0.3 is 0 Å². The van der Waals surface area contributed by atoms with E-state index in [4.69, 9.17) is 4.42 Å². The molecule has 6 heteroatoms. The summed E-state index contributed by atoms with van der Waals surface area (Å²) in [6, 6.07) is 13.5. The van der Waals surface area contributed by atoms with Crippen LogP contribution in [0.4, 0.5) is 0 Å². The van der Waals surface area contributed by atoms with E-state index in [1.54, 1.807) is 36.5 Å². The number of aliphatic hydroxyl groups is 1.